The summed E-state index contributed by atoms with van der Waals surface area (Å²) in [6, 6.07) is 22.1. The van der Waals surface area contributed by atoms with Crippen molar-refractivity contribution in [2.45, 2.75) is 12.5 Å². The number of carbonyl (C=O) groups excluding carboxylic acids is 1. The van der Waals surface area contributed by atoms with Gasteiger partial charge in [0.05, 0.1) is 29.8 Å². The monoisotopic (exact) mass is 408 g/mol. The van der Waals surface area contributed by atoms with Gasteiger partial charge < -0.3 is 8.98 Å². The zero-order chi connectivity index (χ0) is 20.9. The predicted octanol–water partition coefficient (Wildman–Crippen LogP) is 6.28. The summed E-state index contributed by atoms with van der Waals surface area (Å²) in [6.45, 7) is 0. The molecular weight excluding hydrogens is 391 g/mol. The molecular formula is C26H17FN2O2. The van der Waals surface area contributed by atoms with Gasteiger partial charge >= 0.3 is 0 Å². The average molecular weight is 408 g/mol. The number of carbonyl (C=O) groups is 1. The second kappa shape index (κ2) is 6.77. The Labute approximate surface area is 177 Å². The Morgan fingerprint density at radius 1 is 1.03 bits per heavy atom. The molecule has 1 unspecified atom stereocenters. The third-order valence-corrected chi connectivity index (χ3v) is 5.94. The molecule has 0 amide bonds. The first-order chi connectivity index (χ1) is 15.2. The molecule has 1 aliphatic rings. The first kappa shape index (κ1) is 17.8. The number of furan rings is 1. The van der Waals surface area contributed by atoms with Crippen LogP contribution < -0.4 is 0 Å². The van der Waals surface area contributed by atoms with Crippen LogP contribution >= 0.6 is 0 Å². The van der Waals surface area contributed by atoms with Gasteiger partial charge in [-0.1, -0.05) is 54.6 Å². The number of Topliss-reactive ketones (excluding diaryl/α,β-unsaturated/α-hetero) is 1. The fraction of sp³-hybridized carbons (Fsp3) is 0.0769. The second-order valence-electron chi connectivity index (χ2n) is 7.76. The van der Waals surface area contributed by atoms with Crippen LogP contribution in [0.25, 0.3) is 33.6 Å². The SMILES string of the molecule is O=C(CC1c2ccccc2-c2cncn21)c1cc2cc(-c3ccccc3)oc2cc1F. The van der Waals surface area contributed by atoms with E-state index in [1.807, 2.05) is 65.2 Å². The third kappa shape index (κ3) is 2.81. The van der Waals surface area contributed by atoms with E-state index in [0.717, 1.165) is 22.4 Å². The maximum atomic E-state index is 14.9. The number of hydrogen-bond donors (Lipinski definition) is 0. The quantitative estimate of drug-likeness (QED) is 0.329. The molecule has 1 aliphatic heterocycles. The molecule has 6 rings (SSSR count). The summed E-state index contributed by atoms with van der Waals surface area (Å²) in [7, 11) is 0. The summed E-state index contributed by atoms with van der Waals surface area (Å²) >= 11 is 0. The number of aromatic nitrogens is 2. The predicted molar refractivity (Wildman–Crippen MR) is 116 cm³/mol. The maximum absolute atomic E-state index is 14.9. The second-order valence-corrected chi connectivity index (χ2v) is 7.76. The van der Waals surface area contributed by atoms with Crippen LogP contribution in [0, 0.1) is 5.82 Å². The van der Waals surface area contributed by atoms with Crippen molar-refractivity contribution < 1.29 is 13.6 Å². The summed E-state index contributed by atoms with van der Waals surface area (Å²) in [5.74, 6) is -0.167. The van der Waals surface area contributed by atoms with Gasteiger partial charge in [-0.25, -0.2) is 9.37 Å². The number of imidazole rings is 1. The highest BCUT2D eigenvalue weighted by Gasteiger charge is 2.30. The molecule has 4 nitrogen and oxygen atoms in total. The molecule has 0 fully saturated rings. The summed E-state index contributed by atoms with van der Waals surface area (Å²) in [5, 5.41) is 0.707. The minimum atomic E-state index is -0.566. The lowest BCUT2D eigenvalue weighted by atomic mass is 9.96. The van der Waals surface area contributed by atoms with Crippen molar-refractivity contribution >= 4 is 16.8 Å². The molecule has 0 saturated carbocycles. The number of rotatable bonds is 4. The highest BCUT2D eigenvalue weighted by atomic mass is 19.1. The molecule has 0 N–H and O–H groups in total. The van der Waals surface area contributed by atoms with Crippen molar-refractivity contribution in [2.24, 2.45) is 0 Å². The van der Waals surface area contributed by atoms with Crippen LogP contribution in [0.1, 0.15) is 28.4 Å². The van der Waals surface area contributed by atoms with E-state index in [9.17, 15) is 9.18 Å². The Balaban J connectivity index is 1.36. The average Bonchev–Trinajstić information content (AvgIpc) is 3.50. The number of fused-ring (bicyclic) bond motifs is 4. The lowest BCUT2D eigenvalue weighted by Crippen LogP contribution is -2.12. The van der Waals surface area contributed by atoms with Crippen LogP contribution in [0.4, 0.5) is 4.39 Å². The minimum Gasteiger partial charge on any atom is -0.456 e. The van der Waals surface area contributed by atoms with Gasteiger partial charge in [-0.2, -0.15) is 0 Å². The van der Waals surface area contributed by atoms with Crippen molar-refractivity contribution in [3.63, 3.8) is 0 Å². The van der Waals surface area contributed by atoms with Crippen LogP contribution in [0.2, 0.25) is 0 Å². The first-order valence-electron chi connectivity index (χ1n) is 10.1. The van der Waals surface area contributed by atoms with Crippen LogP contribution in [0.3, 0.4) is 0 Å². The third-order valence-electron chi connectivity index (χ3n) is 5.94. The van der Waals surface area contributed by atoms with E-state index in [1.54, 1.807) is 18.6 Å². The van der Waals surface area contributed by atoms with Gasteiger partial charge in [0.1, 0.15) is 17.2 Å². The van der Waals surface area contributed by atoms with Crippen molar-refractivity contribution in [3.8, 4) is 22.6 Å². The lowest BCUT2D eigenvalue weighted by molar-refractivity contribution is 0.0967. The Morgan fingerprint density at radius 2 is 1.84 bits per heavy atom. The Kier molecular flexibility index (Phi) is 3.90. The van der Waals surface area contributed by atoms with E-state index in [4.69, 9.17) is 4.42 Å². The molecule has 150 valence electrons. The number of benzene rings is 3. The Morgan fingerprint density at radius 3 is 2.71 bits per heavy atom. The molecule has 31 heavy (non-hydrogen) atoms. The molecule has 1 atom stereocenters. The van der Waals surface area contributed by atoms with Gasteiger partial charge in [0.15, 0.2) is 5.78 Å². The number of nitrogens with zero attached hydrogens (tertiary/aromatic N) is 2. The summed E-state index contributed by atoms with van der Waals surface area (Å²) < 4.78 is 22.7. The number of hydrogen-bond acceptors (Lipinski definition) is 3. The summed E-state index contributed by atoms with van der Waals surface area (Å²) in [6.07, 6.45) is 3.69. The summed E-state index contributed by atoms with van der Waals surface area (Å²) in [5.41, 5.74) is 4.52. The van der Waals surface area contributed by atoms with Crippen molar-refractivity contribution in [1.82, 2.24) is 9.55 Å². The van der Waals surface area contributed by atoms with Gasteiger partial charge in [0.2, 0.25) is 0 Å². The van der Waals surface area contributed by atoms with Crippen LogP contribution in [0.5, 0.6) is 0 Å². The zero-order valence-corrected chi connectivity index (χ0v) is 16.5. The molecule has 0 radical (unpaired) electrons. The summed E-state index contributed by atoms with van der Waals surface area (Å²) in [4.78, 5) is 17.4. The number of halogens is 1. The molecule has 3 aromatic carbocycles. The van der Waals surface area contributed by atoms with Crippen molar-refractivity contribution in [3.05, 3.63) is 102 Å². The van der Waals surface area contributed by atoms with E-state index in [-0.39, 0.29) is 23.8 Å². The van der Waals surface area contributed by atoms with Crippen molar-refractivity contribution in [1.29, 1.82) is 0 Å². The number of ketones is 1. The molecule has 0 spiro atoms. The normalized spacial score (nSPS) is 14.5. The largest absolute Gasteiger partial charge is 0.456 e. The van der Waals surface area contributed by atoms with E-state index in [2.05, 4.69) is 4.98 Å². The van der Waals surface area contributed by atoms with Gasteiger partial charge in [0, 0.05) is 29.0 Å². The molecule has 0 bridgehead atoms. The fourth-order valence-corrected chi connectivity index (χ4v) is 4.45. The Hall–Kier alpha value is -3.99. The Bertz CT molecular complexity index is 1450. The highest BCUT2D eigenvalue weighted by molar-refractivity contribution is 6.00. The molecule has 5 heteroatoms. The lowest BCUT2D eigenvalue weighted by Gasteiger charge is -2.14. The van der Waals surface area contributed by atoms with E-state index in [1.165, 1.54) is 6.07 Å². The van der Waals surface area contributed by atoms with Crippen LogP contribution in [-0.2, 0) is 0 Å². The highest BCUT2D eigenvalue weighted by Crippen LogP contribution is 2.41. The van der Waals surface area contributed by atoms with E-state index in [0.29, 0.717) is 16.7 Å². The topological polar surface area (TPSA) is 48.0 Å². The van der Waals surface area contributed by atoms with E-state index >= 15 is 0 Å². The van der Waals surface area contributed by atoms with Gasteiger partial charge in [-0.05, 0) is 17.7 Å². The maximum Gasteiger partial charge on any atom is 0.168 e. The first-order valence-corrected chi connectivity index (χ1v) is 10.1. The van der Waals surface area contributed by atoms with Crippen molar-refractivity contribution in [2.75, 3.05) is 0 Å². The fourth-order valence-electron chi connectivity index (χ4n) is 4.45. The minimum absolute atomic E-state index is 0.0824. The molecule has 3 heterocycles. The van der Waals surface area contributed by atoms with Gasteiger partial charge in [-0.3, -0.25) is 4.79 Å². The molecule has 2 aromatic heterocycles. The molecule has 0 aliphatic carbocycles. The smallest absolute Gasteiger partial charge is 0.168 e. The van der Waals surface area contributed by atoms with Crippen LogP contribution in [0.15, 0.2) is 89.7 Å². The van der Waals surface area contributed by atoms with Gasteiger partial charge in [-0.15, -0.1) is 0 Å². The van der Waals surface area contributed by atoms with E-state index < -0.39 is 5.82 Å². The zero-order valence-electron chi connectivity index (χ0n) is 16.5. The van der Waals surface area contributed by atoms with Crippen LogP contribution in [-0.4, -0.2) is 15.3 Å². The van der Waals surface area contributed by atoms with Gasteiger partial charge in [0.25, 0.3) is 0 Å². The molecule has 0 saturated heterocycles. The standard InChI is InChI=1S/C26H17FN2O2/c27-21-12-26-17(11-25(31-26)16-6-2-1-3-7-16)10-20(21)24(30)13-22-18-8-4-5-9-19(18)23-14-28-15-29(22)23/h1-12,14-15,22H,13H2. The molecule has 5 aromatic rings.